The summed E-state index contributed by atoms with van der Waals surface area (Å²) in [5.74, 6) is -1.15. The van der Waals surface area contributed by atoms with Crippen LogP contribution in [0.5, 0.6) is 0 Å². The molecule has 1 atom stereocenters. The highest BCUT2D eigenvalue weighted by Gasteiger charge is 2.31. The van der Waals surface area contributed by atoms with Crippen LogP contribution in [-0.2, 0) is 10.0 Å². The summed E-state index contributed by atoms with van der Waals surface area (Å²) in [6.45, 7) is 1.88. The van der Waals surface area contributed by atoms with E-state index in [1.54, 1.807) is 0 Å². The molecule has 1 fully saturated rings. The average Bonchev–Trinajstić information content (AvgIpc) is 2.38. The van der Waals surface area contributed by atoms with Gasteiger partial charge < -0.3 is 10.2 Å². The second-order valence-corrected chi connectivity index (χ2v) is 6.80. The van der Waals surface area contributed by atoms with Crippen LogP contribution in [-0.4, -0.2) is 48.1 Å². The third kappa shape index (κ3) is 2.70. The van der Waals surface area contributed by atoms with Crippen LogP contribution in [0.4, 0.5) is 0 Å². The van der Waals surface area contributed by atoms with E-state index in [4.69, 9.17) is 5.11 Å². The van der Waals surface area contributed by atoms with Gasteiger partial charge in [-0.15, -0.1) is 0 Å². The van der Waals surface area contributed by atoms with Gasteiger partial charge in [-0.1, -0.05) is 6.07 Å². The van der Waals surface area contributed by atoms with Crippen LogP contribution in [0, 0.1) is 6.92 Å². The van der Waals surface area contributed by atoms with Crippen LogP contribution >= 0.6 is 0 Å². The highest BCUT2D eigenvalue weighted by molar-refractivity contribution is 7.89. The number of carboxylic acids is 1. The number of β-amino-alcohol motifs (C(OH)–C–C–N with tert-alkyl or cyclic N) is 1. The van der Waals surface area contributed by atoms with Gasteiger partial charge >= 0.3 is 5.97 Å². The Hall–Kier alpha value is -1.44. The van der Waals surface area contributed by atoms with Crippen molar-refractivity contribution >= 4 is 16.0 Å². The molecule has 1 aliphatic rings. The van der Waals surface area contributed by atoms with Crippen molar-refractivity contribution in [1.29, 1.82) is 0 Å². The molecule has 1 aromatic carbocycles. The summed E-state index contributed by atoms with van der Waals surface area (Å²) in [4.78, 5) is 11.1. The van der Waals surface area contributed by atoms with E-state index in [1.165, 1.54) is 29.4 Å². The molecule has 1 saturated heterocycles. The normalized spacial score (nSPS) is 20.8. The number of hydrogen-bond acceptors (Lipinski definition) is 4. The minimum atomic E-state index is -3.77. The molecule has 7 heteroatoms. The molecule has 0 bridgehead atoms. The van der Waals surface area contributed by atoms with Crippen molar-refractivity contribution in [3.63, 3.8) is 0 Å². The van der Waals surface area contributed by atoms with Crippen molar-refractivity contribution in [2.24, 2.45) is 0 Å². The number of carbonyl (C=O) groups is 1. The van der Waals surface area contributed by atoms with E-state index in [-0.39, 0.29) is 22.6 Å². The molecule has 20 heavy (non-hydrogen) atoms. The number of sulfonamides is 1. The molecular weight excluding hydrogens is 282 g/mol. The Balaban J connectivity index is 2.44. The molecule has 0 aliphatic carbocycles. The minimum absolute atomic E-state index is 0.00787. The Morgan fingerprint density at radius 2 is 2.10 bits per heavy atom. The number of hydrogen-bond donors (Lipinski definition) is 2. The maximum Gasteiger partial charge on any atom is 0.335 e. The Morgan fingerprint density at radius 3 is 2.70 bits per heavy atom. The van der Waals surface area contributed by atoms with E-state index in [1.807, 2.05) is 0 Å². The number of aromatic carboxylic acids is 1. The van der Waals surface area contributed by atoms with Gasteiger partial charge in [-0.05, 0) is 37.5 Å². The maximum absolute atomic E-state index is 12.6. The van der Waals surface area contributed by atoms with E-state index in [9.17, 15) is 18.3 Å². The molecule has 1 aromatic rings. The molecule has 6 nitrogen and oxygen atoms in total. The monoisotopic (exact) mass is 299 g/mol. The van der Waals surface area contributed by atoms with Crippen LogP contribution < -0.4 is 0 Å². The van der Waals surface area contributed by atoms with Crippen LogP contribution in [0.3, 0.4) is 0 Å². The first-order valence-corrected chi connectivity index (χ1v) is 7.79. The second kappa shape index (κ2) is 5.51. The highest BCUT2D eigenvalue weighted by Crippen LogP contribution is 2.25. The van der Waals surface area contributed by atoms with Crippen LogP contribution in [0.2, 0.25) is 0 Å². The Bertz CT molecular complexity index is 626. The number of aliphatic hydroxyl groups excluding tert-OH is 1. The van der Waals surface area contributed by atoms with Gasteiger partial charge in [0.25, 0.3) is 0 Å². The Kier molecular flexibility index (Phi) is 4.12. The fraction of sp³-hybridized carbons (Fsp3) is 0.462. The lowest BCUT2D eigenvalue weighted by Crippen LogP contribution is -2.42. The van der Waals surface area contributed by atoms with Gasteiger partial charge in [-0.2, -0.15) is 4.31 Å². The molecule has 0 aromatic heterocycles. The zero-order chi connectivity index (χ0) is 14.9. The molecule has 1 unspecified atom stereocenters. The fourth-order valence-corrected chi connectivity index (χ4v) is 4.17. The van der Waals surface area contributed by atoms with Gasteiger partial charge in [0.2, 0.25) is 10.0 Å². The lowest BCUT2D eigenvalue weighted by atomic mass is 10.1. The van der Waals surface area contributed by atoms with Gasteiger partial charge in [0.1, 0.15) is 0 Å². The third-order valence-electron chi connectivity index (χ3n) is 3.49. The molecule has 2 rings (SSSR count). The fourth-order valence-electron chi connectivity index (χ4n) is 2.40. The molecule has 0 saturated carbocycles. The predicted octanol–water partition coefficient (Wildman–Crippen LogP) is 0.839. The first kappa shape index (κ1) is 15.0. The number of carboxylic acid groups (broad SMARTS) is 1. The smallest absolute Gasteiger partial charge is 0.335 e. The lowest BCUT2D eigenvalue weighted by Gasteiger charge is -2.29. The minimum Gasteiger partial charge on any atom is -0.478 e. The van der Waals surface area contributed by atoms with Crippen molar-refractivity contribution in [1.82, 2.24) is 4.31 Å². The predicted molar refractivity (Wildman–Crippen MR) is 72.1 cm³/mol. The molecule has 1 heterocycles. The average molecular weight is 299 g/mol. The van der Waals surface area contributed by atoms with Crippen LogP contribution in [0.15, 0.2) is 23.1 Å². The summed E-state index contributed by atoms with van der Waals surface area (Å²) < 4.78 is 26.3. The quantitative estimate of drug-likeness (QED) is 0.862. The summed E-state index contributed by atoms with van der Waals surface area (Å²) in [6, 6.07) is 4.20. The Labute approximate surface area is 117 Å². The molecule has 2 N–H and O–H groups in total. The van der Waals surface area contributed by atoms with Crippen LogP contribution in [0.25, 0.3) is 0 Å². The van der Waals surface area contributed by atoms with E-state index < -0.39 is 22.1 Å². The van der Waals surface area contributed by atoms with Gasteiger partial charge in [-0.25, -0.2) is 13.2 Å². The van der Waals surface area contributed by atoms with Crippen molar-refractivity contribution in [3.8, 4) is 0 Å². The Morgan fingerprint density at radius 1 is 1.40 bits per heavy atom. The summed E-state index contributed by atoms with van der Waals surface area (Å²) in [5, 5.41) is 18.7. The third-order valence-corrected chi connectivity index (χ3v) is 5.50. The van der Waals surface area contributed by atoms with Crippen molar-refractivity contribution < 1.29 is 23.4 Å². The second-order valence-electron chi connectivity index (χ2n) is 4.89. The molecule has 1 aliphatic heterocycles. The number of nitrogens with zero attached hydrogens (tertiary/aromatic N) is 1. The first-order chi connectivity index (χ1) is 9.34. The van der Waals surface area contributed by atoms with E-state index in [0.717, 1.165) is 0 Å². The molecule has 0 spiro atoms. The van der Waals surface area contributed by atoms with Gasteiger partial charge in [-0.3, -0.25) is 0 Å². The van der Waals surface area contributed by atoms with Crippen LogP contribution in [0.1, 0.15) is 28.8 Å². The van der Waals surface area contributed by atoms with E-state index in [0.29, 0.717) is 19.4 Å². The van der Waals surface area contributed by atoms with Crippen molar-refractivity contribution in [2.75, 3.05) is 13.1 Å². The molecule has 110 valence electrons. The lowest BCUT2D eigenvalue weighted by molar-refractivity contribution is 0.0695. The number of rotatable bonds is 3. The first-order valence-electron chi connectivity index (χ1n) is 6.35. The zero-order valence-corrected chi connectivity index (χ0v) is 11.9. The largest absolute Gasteiger partial charge is 0.478 e. The SMILES string of the molecule is Cc1c(C(=O)O)cccc1S(=O)(=O)N1CCCC(O)C1. The molecular formula is C13H17NO5S. The number of aliphatic hydroxyl groups is 1. The summed E-state index contributed by atoms with van der Waals surface area (Å²) in [5.41, 5.74) is 0.198. The maximum atomic E-state index is 12.6. The van der Waals surface area contributed by atoms with Gasteiger partial charge in [0, 0.05) is 13.1 Å². The van der Waals surface area contributed by atoms with Crippen molar-refractivity contribution in [3.05, 3.63) is 29.3 Å². The van der Waals surface area contributed by atoms with E-state index >= 15 is 0 Å². The van der Waals surface area contributed by atoms with E-state index in [2.05, 4.69) is 0 Å². The number of piperidine rings is 1. The summed E-state index contributed by atoms with van der Waals surface area (Å²) in [6.07, 6.45) is 0.514. The summed E-state index contributed by atoms with van der Waals surface area (Å²) >= 11 is 0. The molecule has 0 amide bonds. The zero-order valence-electron chi connectivity index (χ0n) is 11.1. The topological polar surface area (TPSA) is 94.9 Å². The standard InChI is InChI=1S/C13H17NO5S/c1-9-11(13(16)17)5-2-6-12(9)20(18,19)14-7-3-4-10(15)8-14/h2,5-6,10,15H,3-4,7-8H2,1H3,(H,16,17). The van der Waals surface area contributed by atoms with Gasteiger partial charge in [0.15, 0.2) is 0 Å². The summed E-state index contributed by atoms with van der Waals surface area (Å²) in [7, 11) is -3.77. The van der Waals surface area contributed by atoms with Gasteiger partial charge in [0.05, 0.1) is 16.6 Å². The number of benzene rings is 1. The van der Waals surface area contributed by atoms with Crippen molar-refractivity contribution in [2.45, 2.75) is 30.8 Å². The molecule has 0 radical (unpaired) electrons. The highest BCUT2D eigenvalue weighted by atomic mass is 32.2.